The molecule has 1 aromatic carbocycles. The molecule has 1 aromatic rings. The molecule has 1 saturated heterocycles. The monoisotopic (exact) mass is 277 g/mol. The second kappa shape index (κ2) is 4.72. The van der Waals surface area contributed by atoms with Crippen LogP contribution in [0.1, 0.15) is 15.9 Å². The number of carbonyl (C=O) groups excluding carboxylic acids is 1. The predicted octanol–water partition coefficient (Wildman–Crippen LogP) is 2.56. The van der Waals surface area contributed by atoms with Crippen LogP contribution < -0.4 is 0 Å². The van der Waals surface area contributed by atoms with Gasteiger partial charge in [-0.1, -0.05) is 6.07 Å². The topological polar surface area (TPSA) is 40.5 Å². The van der Waals surface area contributed by atoms with E-state index >= 15 is 0 Å². The Labute approximate surface area is 106 Å². The predicted molar refractivity (Wildman–Crippen MR) is 61.5 cm³/mol. The normalized spacial score (nSPS) is 16.1. The van der Waals surface area contributed by atoms with Crippen molar-refractivity contribution in [3.05, 3.63) is 29.3 Å². The number of rotatable bonds is 1. The van der Waals surface area contributed by atoms with Crippen molar-refractivity contribution in [3.63, 3.8) is 0 Å². The summed E-state index contributed by atoms with van der Waals surface area (Å²) in [6, 6.07) is 3.08. The Bertz CT molecular complexity index is 470. The highest BCUT2D eigenvalue weighted by Crippen LogP contribution is 2.37. The summed E-state index contributed by atoms with van der Waals surface area (Å²) in [7, 11) is 0. The molecule has 0 unspecified atom stereocenters. The third kappa shape index (κ3) is 2.40. The smallest absolute Gasteiger partial charge is 0.419 e. The van der Waals surface area contributed by atoms with Gasteiger partial charge in [-0.25, -0.2) is 0 Å². The van der Waals surface area contributed by atoms with E-state index in [0.29, 0.717) is 12.4 Å². The Morgan fingerprint density at radius 1 is 1.39 bits per heavy atom. The molecule has 98 valence electrons. The van der Waals surface area contributed by atoms with Gasteiger partial charge in [-0.05, 0) is 12.1 Å². The fraction of sp³-hybridized carbons (Fsp3) is 0.364. The Morgan fingerprint density at radius 2 is 2.11 bits per heavy atom. The Kier molecular flexibility index (Phi) is 3.43. The Morgan fingerprint density at radius 3 is 2.67 bits per heavy atom. The Hall–Kier alpha value is -1.37. The zero-order valence-electron chi connectivity index (χ0n) is 9.20. The summed E-state index contributed by atoms with van der Waals surface area (Å²) < 4.78 is 37.7. The number of amides is 1. The van der Waals surface area contributed by atoms with Crippen molar-refractivity contribution in [3.8, 4) is 5.75 Å². The second-order valence-corrected chi connectivity index (χ2v) is 4.88. The highest BCUT2D eigenvalue weighted by atomic mass is 32.2. The zero-order valence-corrected chi connectivity index (χ0v) is 10.0. The van der Waals surface area contributed by atoms with Crippen LogP contribution in [0, 0.1) is 0 Å². The number of thioether (sulfide) groups is 1. The largest absolute Gasteiger partial charge is 0.506 e. The van der Waals surface area contributed by atoms with E-state index in [4.69, 9.17) is 0 Å². The fourth-order valence-corrected chi connectivity index (χ4v) is 2.63. The molecule has 2 rings (SSSR count). The van der Waals surface area contributed by atoms with Gasteiger partial charge >= 0.3 is 6.18 Å². The van der Waals surface area contributed by atoms with Crippen LogP contribution in [0.15, 0.2) is 18.2 Å². The average Bonchev–Trinajstić information content (AvgIpc) is 2.80. The van der Waals surface area contributed by atoms with Crippen LogP contribution in [0.2, 0.25) is 0 Å². The summed E-state index contributed by atoms with van der Waals surface area (Å²) in [5.74, 6) is -0.365. The molecule has 18 heavy (non-hydrogen) atoms. The number of phenolic OH excluding ortho intramolecular Hbond substituents is 1. The summed E-state index contributed by atoms with van der Waals surface area (Å²) in [5.41, 5.74) is -1.48. The van der Waals surface area contributed by atoms with Gasteiger partial charge in [0.15, 0.2) is 0 Å². The van der Waals surface area contributed by atoms with Crippen molar-refractivity contribution in [1.82, 2.24) is 4.90 Å². The van der Waals surface area contributed by atoms with E-state index in [9.17, 15) is 23.1 Å². The number of hydrogen-bond donors (Lipinski definition) is 1. The van der Waals surface area contributed by atoms with E-state index < -0.39 is 23.4 Å². The number of carbonyl (C=O) groups is 1. The molecule has 0 atom stereocenters. The number of aromatic hydroxyl groups is 1. The van der Waals surface area contributed by atoms with E-state index in [1.54, 1.807) is 0 Å². The zero-order chi connectivity index (χ0) is 13.3. The lowest BCUT2D eigenvalue weighted by atomic mass is 10.1. The van der Waals surface area contributed by atoms with Gasteiger partial charge in [0.05, 0.1) is 17.0 Å². The lowest BCUT2D eigenvalue weighted by molar-refractivity contribution is -0.138. The van der Waals surface area contributed by atoms with Gasteiger partial charge in [0.25, 0.3) is 5.91 Å². The third-order valence-electron chi connectivity index (χ3n) is 2.61. The van der Waals surface area contributed by atoms with Gasteiger partial charge in [-0.3, -0.25) is 4.79 Å². The summed E-state index contributed by atoms with van der Waals surface area (Å²) in [5, 5.41) is 9.58. The maximum absolute atomic E-state index is 12.6. The first-order chi connectivity index (χ1) is 8.41. The number of benzene rings is 1. The van der Waals surface area contributed by atoms with Crippen LogP contribution in [0.25, 0.3) is 0 Å². The molecule has 7 heteroatoms. The lowest BCUT2D eigenvalue weighted by Crippen LogP contribution is -2.28. The first-order valence-corrected chi connectivity index (χ1v) is 6.33. The molecule has 0 aromatic heterocycles. The molecule has 0 spiro atoms. The maximum Gasteiger partial charge on any atom is 0.419 e. The number of para-hydroxylation sites is 1. The molecule has 0 saturated carbocycles. The lowest BCUT2D eigenvalue weighted by Gasteiger charge is -2.17. The van der Waals surface area contributed by atoms with Crippen LogP contribution in [0.4, 0.5) is 13.2 Å². The molecule has 1 fully saturated rings. The molecular weight excluding hydrogens is 267 g/mol. The number of alkyl halides is 3. The molecule has 0 radical (unpaired) electrons. The molecule has 1 N–H and O–H groups in total. The minimum absolute atomic E-state index is 0.299. The first-order valence-electron chi connectivity index (χ1n) is 5.17. The number of hydrogen-bond acceptors (Lipinski definition) is 3. The minimum atomic E-state index is -4.67. The van der Waals surface area contributed by atoms with Crippen molar-refractivity contribution >= 4 is 17.7 Å². The van der Waals surface area contributed by atoms with Crippen LogP contribution in [0.3, 0.4) is 0 Å². The maximum atomic E-state index is 12.6. The standard InChI is InChI=1S/C11H10F3NO2S/c12-11(13,14)8-3-1-2-7(9(8)16)10(17)15-4-5-18-6-15/h1-3,16H,4-6H2. The van der Waals surface area contributed by atoms with Crippen molar-refractivity contribution in [2.24, 2.45) is 0 Å². The van der Waals surface area contributed by atoms with E-state index in [1.165, 1.54) is 22.7 Å². The SMILES string of the molecule is O=C(c1cccc(C(F)(F)F)c1O)N1CCSC1. The summed E-state index contributed by atoms with van der Waals surface area (Å²) >= 11 is 1.52. The molecular formula is C11H10F3NO2S. The van der Waals surface area contributed by atoms with Crippen molar-refractivity contribution in [2.45, 2.75) is 6.18 Å². The van der Waals surface area contributed by atoms with Crippen LogP contribution >= 0.6 is 11.8 Å². The molecule has 1 aliphatic heterocycles. The molecule has 1 aliphatic rings. The highest BCUT2D eigenvalue weighted by Gasteiger charge is 2.36. The molecule has 0 bridgehead atoms. The van der Waals surface area contributed by atoms with E-state index in [-0.39, 0.29) is 5.56 Å². The second-order valence-electron chi connectivity index (χ2n) is 3.81. The average molecular weight is 277 g/mol. The molecule has 1 heterocycles. The van der Waals surface area contributed by atoms with Gasteiger partial charge in [-0.15, -0.1) is 11.8 Å². The third-order valence-corrected chi connectivity index (χ3v) is 3.58. The summed E-state index contributed by atoms with van der Waals surface area (Å²) in [4.78, 5) is 13.3. The number of phenols is 1. The molecule has 0 aliphatic carbocycles. The molecule has 3 nitrogen and oxygen atoms in total. The van der Waals surface area contributed by atoms with E-state index in [1.807, 2.05) is 0 Å². The van der Waals surface area contributed by atoms with Crippen LogP contribution in [-0.4, -0.2) is 34.1 Å². The van der Waals surface area contributed by atoms with Gasteiger partial charge < -0.3 is 10.0 Å². The summed E-state index contributed by atoms with van der Waals surface area (Å²) in [6.07, 6.45) is -4.67. The van der Waals surface area contributed by atoms with Crippen molar-refractivity contribution in [2.75, 3.05) is 18.2 Å². The fourth-order valence-electron chi connectivity index (χ4n) is 1.69. The number of halogens is 3. The van der Waals surface area contributed by atoms with Gasteiger partial charge in [-0.2, -0.15) is 13.2 Å². The highest BCUT2D eigenvalue weighted by molar-refractivity contribution is 7.99. The first kappa shape index (κ1) is 13.1. The van der Waals surface area contributed by atoms with Crippen molar-refractivity contribution in [1.29, 1.82) is 0 Å². The summed E-state index contributed by atoms with van der Waals surface area (Å²) in [6.45, 7) is 0.485. The van der Waals surface area contributed by atoms with Gasteiger partial charge in [0, 0.05) is 12.3 Å². The van der Waals surface area contributed by atoms with E-state index in [2.05, 4.69) is 0 Å². The van der Waals surface area contributed by atoms with Crippen molar-refractivity contribution < 1.29 is 23.1 Å². The quantitative estimate of drug-likeness (QED) is 0.857. The molecule has 1 amide bonds. The van der Waals surface area contributed by atoms with Gasteiger partial charge in [0.1, 0.15) is 5.75 Å². The Balaban J connectivity index is 2.36. The van der Waals surface area contributed by atoms with E-state index in [0.717, 1.165) is 17.9 Å². The van der Waals surface area contributed by atoms with Crippen LogP contribution in [0.5, 0.6) is 5.75 Å². The number of nitrogens with zero attached hydrogens (tertiary/aromatic N) is 1. The van der Waals surface area contributed by atoms with Crippen LogP contribution in [-0.2, 0) is 6.18 Å². The van der Waals surface area contributed by atoms with Gasteiger partial charge in [0.2, 0.25) is 0 Å². The minimum Gasteiger partial charge on any atom is -0.506 e.